The predicted octanol–water partition coefficient (Wildman–Crippen LogP) is 2.85. The molecule has 7 heteroatoms. The zero-order valence-electron chi connectivity index (χ0n) is 14.5. The number of rotatable bonds is 6. The van der Waals surface area contributed by atoms with Crippen LogP contribution in [0, 0.1) is 5.92 Å². The molecule has 2 heterocycles. The predicted molar refractivity (Wildman–Crippen MR) is 102 cm³/mol. The number of aliphatic imine (C=N–C) groups is 1. The maximum absolute atomic E-state index is 5.44. The SMILES string of the molecule is CCNC(=NCc1cc(C(C)C)no1)N(C)CC1CCOC1.I. The fourth-order valence-corrected chi connectivity index (χ4v) is 2.50. The Morgan fingerprint density at radius 1 is 1.52 bits per heavy atom. The van der Waals surface area contributed by atoms with Crippen molar-refractivity contribution in [3.8, 4) is 0 Å². The van der Waals surface area contributed by atoms with Gasteiger partial charge in [0, 0.05) is 38.7 Å². The second-order valence-electron chi connectivity index (χ2n) is 6.15. The van der Waals surface area contributed by atoms with Gasteiger partial charge in [0.15, 0.2) is 11.7 Å². The lowest BCUT2D eigenvalue weighted by Crippen LogP contribution is -2.41. The zero-order valence-corrected chi connectivity index (χ0v) is 16.9. The molecule has 0 bridgehead atoms. The second-order valence-corrected chi connectivity index (χ2v) is 6.15. The van der Waals surface area contributed by atoms with E-state index in [0.717, 1.165) is 50.1 Å². The molecule has 2 rings (SSSR count). The van der Waals surface area contributed by atoms with Gasteiger partial charge in [0.1, 0.15) is 6.54 Å². The summed E-state index contributed by atoms with van der Waals surface area (Å²) in [5.41, 5.74) is 0.978. The highest BCUT2D eigenvalue weighted by molar-refractivity contribution is 14.0. The maximum atomic E-state index is 5.44. The first kappa shape index (κ1) is 20.2. The maximum Gasteiger partial charge on any atom is 0.194 e. The Morgan fingerprint density at radius 2 is 2.30 bits per heavy atom. The Labute approximate surface area is 156 Å². The Bertz CT molecular complexity index is 484. The number of ether oxygens (including phenoxy) is 1. The number of aromatic nitrogens is 1. The van der Waals surface area contributed by atoms with Crippen LogP contribution in [0.3, 0.4) is 0 Å². The number of halogens is 1. The summed E-state index contributed by atoms with van der Waals surface area (Å²) in [6.45, 7) is 10.3. The molecule has 1 unspecified atom stereocenters. The van der Waals surface area contributed by atoms with E-state index in [0.29, 0.717) is 18.4 Å². The van der Waals surface area contributed by atoms with E-state index in [1.165, 1.54) is 0 Å². The number of hydrogen-bond acceptors (Lipinski definition) is 4. The Kier molecular flexibility index (Phi) is 8.90. The van der Waals surface area contributed by atoms with Crippen molar-refractivity contribution in [1.29, 1.82) is 0 Å². The van der Waals surface area contributed by atoms with Crippen LogP contribution < -0.4 is 5.32 Å². The minimum absolute atomic E-state index is 0. The average molecular weight is 436 g/mol. The van der Waals surface area contributed by atoms with Crippen LogP contribution in [0.25, 0.3) is 0 Å². The van der Waals surface area contributed by atoms with Crippen molar-refractivity contribution < 1.29 is 9.26 Å². The van der Waals surface area contributed by atoms with Gasteiger partial charge in [0.25, 0.3) is 0 Å². The Morgan fingerprint density at radius 3 is 2.87 bits per heavy atom. The third kappa shape index (κ3) is 6.29. The van der Waals surface area contributed by atoms with Gasteiger partial charge in [-0.05, 0) is 19.3 Å². The van der Waals surface area contributed by atoms with E-state index in [2.05, 4.69) is 48.2 Å². The smallest absolute Gasteiger partial charge is 0.194 e. The summed E-state index contributed by atoms with van der Waals surface area (Å²) >= 11 is 0. The summed E-state index contributed by atoms with van der Waals surface area (Å²) < 4.78 is 10.8. The van der Waals surface area contributed by atoms with Gasteiger partial charge < -0.3 is 19.5 Å². The minimum atomic E-state index is 0. The topological polar surface area (TPSA) is 62.9 Å². The molecule has 0 amide bonds. The summed E-state index contributed by atoms with van der Waals surface area (Å²) in [6, 6.07) is 1.99. The molecule has 132 valence electrons. The first-order valence-electron chi connectivity index (χ1n) is 8.12. The molecular weight excluding hydrogens is 407 g/mol. The monoisotopic (exact) mass is 436 g/mol. The molecule has 23 heavy (non-hydrogen) atoms. The lowest BCUT2D eigenvalue weighted by molar-refractivity contribution is 0.181. The van der Waals surface area contributed by atoms with Crippen LogP contribution in [0.4, 0.5) is 0 Å². The molecule has 6 nitrogen and oxygen atoms in total. The molecule has 0 saturated carbocycles. The van der Waals surface area contributed by atoms with Gasteiger partial charge in [-0.3, -0.25) is 0 Å². The number of hydrogen-bond donors (Lipinski definition) is 1. The lowest BCUT2D eigenvalue weighted by atomic mass is 10.1. The largest absolute Gasteiger partial charge is 0.381 e. The molecule has 1 atom stereocenters. The fraction of sp³-hybridized carbons (Fsp3) is 0.750. The molecule has 1 aliphatic heterocycles. The first-order chi connectivity index (χ1) is 10.6. The van der Waals surface area contributed by atoms with Gasteiger partial charge in [-0.2, -0.15) is 0 Å². The molecule has 0 radical (unpaired) electrons. The van der Waals surface area contributed by atoms with Crippen molar-refractivity contribution in [3.63, 3.8) is 0 Å². The van der Waals surface area contributed by atoms with Crippen molar-refractivity contribution in [3.05, 3.63) is 17.5 Å². The molecule has 1 fully saturated rings. The van der Waals surface area contributed by atoms with Crippen molar-refractivity contribution in [2.75, 3.05) is 33.4 Å². The van der Waals surface area contributed by atoms with Crippen molar-refractivity contribution >= 4 is 29.9 Å². The second kappa shape index (κ2) is 10.1. The summed E-state index contributed by atoms with van der Waals surface area (Å²) in [6.07, 6.45) is 1.13. The van der Waals surface area contributed by atoms with Crippen molar-refractivity contribution in [1.82, 2.24) is 15.4 Å². The standard InChI is InChI=1S/C16H28N4O2.HI/c1-5-17-16(20(4)10-13-6-7-21-11-13)18-9-14-8-15(12(2)3)19-22-14;/h8,12-13H,5-7,9-11H2,1-4H3,(H,17,18);1H. The Balaban J connectivity index is 0.00000264. The molecular formula is C16H29IN4O2. The van der Waals surface area contributed by atoms with Crippen molar-refractivity contribution in [2.45, 2.75) is 39.7 Å². The molecule has 0 aliphatic carbocycles. The molecule has 1 aromatic heterocycles. The van der Waals surface area contributed by atoms with E-state index in [-0.39, 0.29) is 24.0 Å². The van der Waals surface area contributed by atoms with E-state index >= 15 is 0 Å². The highest BCUT2D eigenvalue weighted by Gasteiger charge is 2.19. The van der Waals surface area contributed by atoms with Crippen LogP contribution in [0.5, 0.6) is 0 Å². The van der Waals surface area contributed by atoms with Crippen LogP contribution in [-0.4, -0.2) is 49.4 Å². The molecule has 1 saturated heterocycles. The van der Waals surface area contributed by atoms with E-state index in [4.69, 9.17) is 9.26 Å². The average Bonchev–Trinajstić information content (AvgIpc) is 3.14. The number of guanidine groups is 1. The molecule has 1 N–H and O–H groups in total. The van der Waals surface area contributed by atoms with Crippen LogP contribution in [0.2, 0.25) is 0 Å². The third-order valence-electron chi connectivity index (χ3n) is 3.81. The molecule has 1 aromatic rings. The quantitative estimate of drug-likeness (QED) is 0.422. The fourth-order valence-electron chi connectivity index (χ4n) is 2.50. The molecule has 0 spiro atoms. The molecule has 1 aliphatic rings. The summed E-state index contributed by atoms with van der Waals surface area (Å²) in [7, 11) is 2.07. The van der Waals surface area contributed by atoms with Crippen LogP contribution >= 0.6 is 24.0 Å². The Hall–Kier alpha value is -0.830. The van der Waals surface area contributed by atoms with E-state index in [9.17, 15) is 0 Å². The highest BCUT2D eigenvalue weighted by atomic mass is 127. The molecule has 0 aromatic carbocycles. The van der Waals surface area contributed by atoms with Gasteiger partial charge in [0.05, 0.1) is 12.3 Å². The lowest BCUT2D eigenvalue weighted by Gasteiger charge is -2.24. The number of nitrogens with zero attached hydrogens (tertiary/aromatic N) is 3. The third-order valence-corrected chi connectivity index (χ3v) is 3.81. The van der Waals surface area contributed by atoms with Crippen LogP contribution in [-0.2, 0) is 11.3 Å². The van der Waals surface area contributed by atoms with E-state index in [1.807, 2.05) is 6.07 Å². The van der Waals surface area contributed by atoms with E-state index in [1.54, 1.807) is 0 Å². The van der Waals surface area contributed by atoms with Gasteiger partial charge in [-0.1, -0.05) is 19.0 Å². The first-order valence-corrected chi connectivity index (χ1v) is 8.12. The van der Waals surface area contributed by atoms with Gasteiger partial charge in [-0.25, -0.2) is 4.99 Å². The summed E-state index contributed by atoms with van der Waals surface area (Å²) in [5, 5.41) is 7.40. The van der Waals surface area contributed by atoms with Gasteiger partial charge in [-0.15, -0.1) is 24.0 Å². The summed E-state index contributed by atoms with van der Waals surface area (Å²) in [5.74, 6) is 2.67. The summed E-state index contributed by atoms with van der Waals surface area (Å²) in [4.78, 5) is 6.82. The van der Waals surface area contributed by atoms with Gasteiger partial charge in [0.2, 0.25) is 0 Å². The number of nitrogens with one attached hydrogen (secondary N) is 1. The van der Waals surface area contributed by atoms with E-state index < -0.39 is 0 Å². The van der Waals surface area contributed by atoms with Gasteiger partial charge >= 0.3 is 0 Å². The normalized spacial score (nSPS) is 18.1. The van der Waals surface area contributed by atoms with Crippen molar-refractivity contribution in [2.24, 2.45) is 10.9 Å². The van der Waals surface area contributed by atoms with Crippen LogP contribution in [0.15, 0.2) is 15.6 Å². The zero-order chi connectivity index (χ0) is 15.9. The minimum Gasteiger partial charge on any atom is -0.381 e. The highest BCUT2D eigenvalue weighted by Crippen LogP contribution is 2.15. The van der Waals surface area contributed by atoms with Crippen LogP contribution in [0.1, 0.15) is 44.6 Å².